The lowest BCUT2D eigenvalue weighted by Gasteiger charge is -2.34. The molecule has 268 valence electrons. The number of hydrogen-bond donors (Lipinski definition) is 3. The minimum atomic E-state index is -3.67. The SMILES string of the molecule is CCCC(CCC)(CCOC(C)=O)C(=O)N=C(N)N1CCC(CNC(=O)[C@@H]2CCCN2C(=O)[C@@H](Cc2ccccc2)NS(C)(=O)=O)CC1. The number of amides is 3. The summed E-state index contributed by atoms with van der Waals surface area (Å²) in [5.74, 6) is -0.953. The van der Waals surface area contributed by atoms with Gasteiger partial charge < -0.3 is 25.6 Å². The van der Waals surface area contributed by atoms with E-state index in [0.29, 0.717) is 58.3 Å². The molecule has 1 aromatic carbocycles. The Morgan fingerprint density at radius 1 is 1.02 bits per heavy atom. The summed E-state index contributed by atoms with van der Waals surface area (Å²) in [6.45, 7) is 7.51. The molecule has 2 aliphatic heterocycles. The largest absolute Gasteiger partial charge is 0.466 e. The van der Waals surface area contributed by atoms with Crippen molar-refractivity contribution < 1.29 is 32.3 Å². The quantitative estimate of drug-likeness (QED) is 0.133. The average molecular weight is 691 g/mol. The van der Waals surface area contributed by atoms with E-state index in [2.05, 4.69) is 15.0 Å². The van der Waals surface area contributed by atoms with E-state index in [4.69, 9.17) is 10.5 Å². The predicted octanol–water partition coefficient (Wildman–Crippen LogP) is 2.35. The molecular formula is C34H54N6O7S. The van der Waals surface area contributed by atoms with Crippen LogP contribution in [0, 0.1) is 11.3 Å². The monoisotopic (exact) mass is 690 g/mol. The van der Waals surface area contributed by atoms with E-state index in [1.807, 2.05) is 49.1 Å². The third-order valence-electron chi connectivity index (χ3n) is 9.29. The topological polar surface area (TPSA) is 181 Å². The average Bonchev–Trinajstić information content (AvgIpc) is 3.53. The van der Waals surface area contributed by atoms with Crippen molar-refractivity contribution in [2.45, 2.75) is 97.1 Å². The van der Waals surface area contributed by atoms with Crippen LogP contribution in [0.15, 0.2) is 35.3 Å². The number of ether oxygens (including phenoxy) is 1. The molecule has 4 N–H and O–H groups in total. The number of carbonyl (C=O) groups is 4. The minimum absolute atomic E-state index is 0.159. The minimum Gasteiger partial charge on any atom is -0.466 e. The number of nitrogens with one attached hydrogen (secondary N) is 2. The van der Waals surface area contributed by atoms with Crippen LogP contribution in [0.3, 0.4) is 0 Å². The third kappa shape index (κ3) is 11.6. The number of nitrogens with zero attached hydrogens (tertiary/aromatic N) is 3. The van der Waals surface area contributed by atoms with Gasteiger partial charge in [-0.1, -0.05) is 57.0 Å². The Bertz CT molecular complexity index is 1370. The predicted molar refractivity (Wildman–Crippen MR) is 184 cm³/mol. The number of likely N-dealkylation sites (tertiary alicyclic amines) is 2. The molecule has 48 heavy (non-hydrogen) atoms. The number of hydrogen-bond acceptors (Lipinski definition) is 7. The Hall–Kier alpha value is -3.52. The van der Waals surface area contributed by atoms with Crippen molar-refractivity contribution in [3.05, 3.63) is 35.9 Å². The zero-order valence-corrected chi connectivity index (χ0v) is 29.7. The van der Waals surface area contributed by atoms with Crippen LogP contribution in [0.25, 0.3) is 0 Å². The fraction of sp³-hybridized carbons (Fsp3) is 0.676. The molecule has 2 saturated heterocycles. The number of aliphatic imine (C=N–C) groups is 1. The van der Waals surface area contributed by atoms with Crippen LogP contribution in [0.4, 0.5) is 0 Å². The number of guanidine groups is 1. The van der Waals surface area contributed by atoms with Crippen LogP contribution in [-0.2, 0) is 40.4 Å². The van der Waals surface area contributed by atoms with Crippen molar-refractivity contribution in [1.29, 1.82) is 0 Å². The lowest BCUT2D eigenvalue weighted by atomic mass is 9.76. The van der Waals surface area contributed by atoms with Gasteiger partial charge in [-0.2, -0.15) is 4.99 Å². The molecule has 2 heterocycles. The Morgan fingerprint density at radius 3 is 2.25 bits per heavy atom. The molecule has 3 amide bonds. The highest BCUT2D eigenvalue weighted by molar-refractivity contribution is 7.88. The first-order valence-electron chi connectivity index (χ1n) is 17.1. The van der Waals surface area contributed by atoms with E-state index in [0.717, 1.165) is 37.5 Å². The van der Waals surface area contributed by atoms with E-state index >= 15 is 0 Å². The second-order valence-corrected chi connectivity index (χ2v) is 14.9. The Kier molecular flexibility index (Phi) is 14.8. The summed E-state index contributed by atoms with van der Waals surface area (Å²) < 4.78 is 31.8. The van der Waals surface area contributed by atoms with E-state index in [1.54, 1.807) is 0 Å². The molecule has 2 atom stereocenters. The van der Waals surface area contributed by atoms with Gasteiger partial charge in [-0.25, -0.2) is 13.1 Å². The van der Waals surface area contributed by atoms with Crippen molar-refractivity contribution in [3.63, 3.8) is 0 Å². The van der Waals surface area contributed by atoms with Crippen LogP contribution in [0.2, 0.25) is 0 Å². The number of carbonyl (C=O) groups excluding carboxylic acids is 4. The number of benzene rings is 1. The van der Waals surface area contributed by atoms with Gasteiger partial charge in [0, 0.05) is 33.1 Å². The zero-order valence-electron chi connectivity index (χ0n) is 28.9. The summed E-state index contributed by atoms with van der Waals surface area (Å²) in [5.41, 5.74) is 6.42. The molecule has 3 rings (SSSR count). The highest BCUT2D eigenvalue weighted by Gasteiger charge is 2.39. The van der Waals surface area contributed by atoms with Gasteiger partial charge >= 0.3 is 5.97 Å². The maximum absolute atomic E-state index is 13.6. The highest BCUT2D eigenvalue weighted by Crippen LogP contribution is 2.36. The fourth-order valence-corrected chi connectivity index (χ4v) is 7.56. The second-order valence-electron chi connectivity index (χ2n) is 13.1. The normalized spacial score (nSPS) is 18.4. The summed E-state index contributed by atoms with van der Waals surface area (Å²) in [4.78, 5) is 59.4. The molecule has 14 heteroatoms. The first-order chi connectivity index (χ1) is 22.8. The van der Waals surface area contributed by atoms with E-state index < -0.39 is 33.4 Å². The van der Waals surface area contributed by atoms with Crippen molar-refractivity contribution >= 4 is 39.7 Å². The molecule has 0 unspecified atom stereocenters. The van der Waals surface area contributed by atoms with Gasteiger partial charge in [-0.3, -0.25) is 19.2 Å². The van der Waals surface area contributed by atoms with E-state index in [-0.39, 0.29) is 42.7 Å². The molecule has 2 aliphatic rings. The Morgan fingerprint density at radius 2 is 1.67 bits per heavy atom. The highest BCUT2D eigenvalue weighted by atomic mass is 32.2. The van der Waals surface area contributed by atoms with Gasteiger partial charge in [-0.15, -0.1) is 0 Å². The number of esters is 1. The standard InChI is InChI=1S/C34H54N6O7S/c1-5-16-34(17-6-2,18-22-47-25(3)41)32(44)37-33(35)39-20-14-27(15-21-39)24-36-30(42)29-13-10-19-40(29)31(43)28(38-48(4,45)46)23-26-11-8-7-9-12-26/h7-9,11-12,27-29,38H,5-6,10,13-24H2,1-4H3,(H,36,42)(H2,35,37,44)/t28-,29+/m1/s1. The molecule has 1 aromatic rings. The van der Waals surface area contributed by atoms with Crippen LogP contribution in [0.5, 0.6) is 0 Å². The Labute approximate surface area is 285 Å². The van der Waals surface area contributed by atoms with Gasteiger partial charge in [0.25, 0.3) is 5.91 Å². The summed E-state index contributed by atoms with van der Waals surface area (Å²) in [6.07, 6.45) is 7.07. The van der Waals surface area contributed by atoms with Gasteiger partial charge in [0.2, 0.25) is 21.8 Å². The van der Waals surface area contributed by atoms with E-state index in [1.165, 1.54) is 11.8 Å². The van der Waals surface area contributed by atoms with Crippen molar-refractivity contribution in [3.8, 4) is 0 Å². The maximum atomic E-state index is 13.6. The molecule has 2 fully saturated rings. The molecule has 13 nitrogen and oxygen atoms in total. The molecule has 0 aliphatic carbocycles. The summed E-state index contributed by atoms with van der Waals surface area (Å²) >= 11 is 0. The van der Waals surface area contributed by atoms with Gasteiger partial charge in [0.05, 0.1) is 18.3 Å². The maximum Gasteiger partial charge on any atom is 0.302 e. The first-order valence-corrected chi connectivity index (χ1v) is 19.0. The van der Waals surface area contributed by atoms with Crippen molar-refractivity contribution in [1.82, 2.24) is 19.8 Å². The lowest BCUT2D eigenvalue weighted by Crippen LogP contribution is -2.54. The number of piperidine rings is 1. The van der Waals surface area contributed by atoms with E-state index in [9.17, 15) is 27.6 Å². The van der Waals surface area contributed by atoms with Crippen molar-refractivity contribution in [2.75, 3.05) is 39.0 Å². The van der Waals surface area contributed by atoms with Gasteiger partial charge in [0.15, 0.2) is 5.96 Å². The van der Waals surface area contributed by atoms with Crippen LogP contribution < -0.4 is 15.8 Å². The van der Waals surface area contributed by atoms with Crippen molar-refractivity contribution in [2.24, 2.45) is 22.1 Å². The molecule has 0 saturated carbocycles. The fourth-order valence-electron chi connectivity index (χ4n) is 6.86. The summed E-state index contributed by atoms with van der Waals surface area (Å²) in [6, 6.07) is 7.50. The lowest BCUT2D eigenvalue weighted by molar-refractivity contribution is -0.143. The second kappa shape index (κ2) is 18.3. The van der Waals surface area contributed by atoms with Crippen LogP contribution in [-0.4, -0.2) is 99.0 Å². The van der Waals surface area contributed by atoms with Crippen LogP contribution >= 0.6 is 0 Å². The van der Waals surface area contributed by atoms with Crippen LogP contribution in [0.1, 0.15) is 84.1 Å². The number of nitrogens with two attached hydrogens (primary N) is 1. The van der Waals surface area contributed by atoms with Gasteiger partial charge in [0.1, 0.15) is 12.1 Å². The molecule has 0 spiro atoms. The zero-order chi connectivity index (χ0) is 35.3. The first kappa shape index (κ1) is 38.9. The molecule has 0 bridgehead atoms. The summed E-state index contributed by atoms with van der Waals surface area (Å²) in [7, 11) is -3.67. The molecule has 0 aromatic heterocycles. The molecule has 0 radical (unpaired) electrons. The number of rotatable bonds is 16. The Balaban J connectivity index is 1.56. The number of sulfonamides is 1. The summed E-state index contributed by atoms with van der Waals surface area (Å²) in [5, 5.41) is 3.03. The third-order valence-corrected chi connectivity index (χ3v) is 10.0. The van der Waals surface area contributed by atoms with Gasteiger partial charge in [-0.05, 0) is 62.8 Å². The smallest absolute Gasteiger partial charge is 0.302 e. The molecular weight excluding hydrogens is 636 g/mol.